The summed E-state index contributed by atoms with van der Waals surface area (Å²) in [5.41, 5.74) is 3.59. The lowest BCUT2D eigenvalue weighted by Gasteiger charge is -1.99. The van der Waals surface area contributed by atoms with Crippen LogP contribution in [0.3, 0.4) is 0 Å². The van der Waals surface area contributed by atoms with Gasteiger partial charge in [-0.3, -0.25) is 0 Å². The van der Waals surface area contributed by atoms with Crippen molar-refractivity contribution in [2.24, 2.45) is 0 Å². The molecule has 0 saturated heterocycles. The van der Waals surface area contributed by atoms with Gasteiger partial charge in [0.1, 0.15) is 5.76 Å². The second kappa shape index (κ2) is 3.62. The number of aryl methyl sites for hydroxylation is 1. The van der Waals surface area contributed by atoms with Gasteiger partial charge in [-0.05, 0) is 37.1 Å². The zero-order valence-electron chi connectivity index (χ0n) is 8.17. The summed E-state index contributed by atoms with van der Waals surface area (Å²) in [7, 11) is 0. The highest BCUT2D eigenvalue weighted by atomic mass is 79.9. The number of rotatable bonds is 1. The zero-order valence-corrected chi connectivity index (χ0v) is 9.76. The van der Waals surface area contributed by atoms with E-state index in [9.17, 15) is 0 Å². The molecule has 1 heterocycles. The van der Waals surface area contributed by atoms with Crippen molar-refractivity contribution in [1.82, 2.24) is 0 Å². The second-order valence-electron chi connectivity index (χ2n) is 3.34. The van der Waals surface area contributed by atoms with E-state index >= 15 is 0 Å². The largest absolute Gasteiger partial charge is 0.469 e. The van der Waals surface area contributed by atoms with Gasteiger partial charge in [-0.2, -0.15) is 0 Å². The Balaban J connectivity index is 2.49. The van der Waals surface area contributed by atoms with Crippen LogP contribution < -0.4 is 0 Å². The Hall–Kier alpha value is -1.02. The lowest BCUT2D eigenvalue weighted by atomic mass is 10.0. The molecular weight excluding hydrogens is 240 g/mol. The fourth-order valence-electron chi connectivity index (χ4n) is 1.43. The number of benzene rings is 1. The van der Waals surface area contributed by atoms with Crippen LogP contribution in [0.4, 0.5) is 0 Å². The summed E-state index contributed by atoms with van der Waals surface area (Å²) in [6, 6.07) is 8.25. The first-order valence-electron chi connectivity index (χ1n) is 4.49. The van der Waals surface area contributed by atoms with Crippen molar-refractivity contribution in [3.8, 4) is 11.1 Å². The Morgan fingerprint density at radius 1 is 1.07 bits per heavy atom. The molecule has 0 radical (unpaired) electrons. The molecule has 0 fully saturated rings. The topological polar surface area (TPSA) is 13.1 Å². The van der Waals surface area contributed by atoms with Crippen molar-refractivity contribution in [1.29, 1.82) is 0 Å². The summed E-state index contributed by atoms with van der Waals surface area (Å²) in [4.78, 5) is 0. The molecule has 2 aromatic rings. The van der Waals surface area contributed by atoms with E-state index in [-0.39, 0.29) is 0 Å². The molecule has 0 aliphatic carbocycles. The average Bonchev–Trinajstić information content (AvgIpc) is 2.50. The van der Waals surface area contributed by atoms with E-state index in [1.165, 1.54) is 16.7 Å². The van der Waals surface area contributed by atoms with Crippen molar-refractivity contribution in [3.05, 3.63) is 46.3 Å². The van der Waals surface area contributed by atoms with Crippen LogP contribution in [0, 0.1) is 13.8 Å². The Bertz CT molecular complexity index is 440. The number of furan rings is 1. The van der Waals surface area contributed by atoms with Gasteiger partial charge in [0.25, 0.3) is 0 Å². The van der Waals surface area contributed by atoms with Crippen LogP contribution in [-0.4, -0.2) is 0 Å². The van der Waals surface area contributed by atoms with E-state index in [2.05, 4.69) is 35.0 Å². The van der Waals surface area contributed by atoms with Crippen LogP contribution in [0.2, 0.25) is 0 Å². The fraction of sp³-hybridized carbons (Fsp3) is 0.167. The van der Waals surface area contributed by atoms with E-state index in [1.54, 1.807) is 0 Å². The number of hydrogen-bond acceptors (Lipinski definition) is 1. The molecule has 72 valence electrons. The van der Waals surface area contributed by atoms with Gasteiger partial charge in [-0.1, -0.05) is 28.1 Å². The Morgan fingerprint density at radius 3 is 2.21 bits per heavy atom. The van der Waals surface area contributed by atoms with Gasteiger partial charge in [0.15, 0.2) is 0 Å². The van der Waals surface area contributed by atoms with Crippen LogP contribution in [0.5, 0.6) is 0 Å². The minimum atomic E-state index is 0.989. The van der Waals surface area contributed by atoms with Gasteiger partial charge in [0.05, 0.1) is 6.26 Å². The smallest absolute Gasteiger partial charge is 0.104 e. The normalized spacial score (nSPS) is 10.5. The third kappa shape index (κ3) is 1.62. The first-order chi connectivity index (χ1) is 6.68. The number of hydrogen-bond donors (Lipinski definition) is 0. The lowest BCUT2D eigenvalue weighted by molar-refractivity contribution is 0.532. The van der Waals surface area contributed by atoms with Crippen molar-refractivity contribution in [2.75, 3.05) is 0 Å². The van der Waals surface area contributed by atoms with Crippen molar-refractivity contribution in [3.63, 3.8) is 0 Å². The van der Waals surface area contributed by atoms with Crippen molar-refractivity contribution in [2.45, 2.75) is 13.8 Å². The summed E-state index contributed by atoms with van der Waals surface area (Å²) in [6.45, 7) is 4.06. The third-order valence-corrected chi connectivity index (χ3v) is 2.97. The maximum absolute atomic E-state index is 5.37. The fourth-order valence-corrected chi connectivity index (χ4v) is 1.69. The van der Waals surface area contributed by atoms with E-state index in [0.717, 1.165) is 10.2 Å². The zero-order chi connectivity index (χ0) is 10.1. The predicted octanol–water partition coefficient (Wildman–Crippen LogP) is 4.33. The molecule has 0 unspecified atom stereocenters. The summed E-state index contributed by atoms with van der Waals surface area (Å²) in [5, 5.41) is 0. The minimum Gasteiger partial charge on any atom is -0.469 e. The van der Waals surface area contributed by atoms with Crippen LogP contribution in [0.1, 0.15) is 11.3 Å². The first kappa shape index (κ1) is 9.53. The summed E-state index contributed by atoms with van der Waals surface area (Å²) < 4.78 is 6.46. The van der Waals surface area contributed by atoms with Crippen molar-refractivity contribution >= 4 is 15.9 Å². The van der Waals surface area contributed by atoms with Gasteiger partial charge in [-0.15, -0.1) is 0 Å². The highest BCUT2D eigenvalue weighted by Gasteiger charge is 2.07. The predicted molar refractivity (Wildman–Crippen MR) is 61.3 cm³/mol. The lowest BCUT2D eigenvalue weighted by Crippen LogP contribution is -1.78. The van der Waals surface area contributed by atoms with Crippen molar-refractivity contribution < 1.29 is 4.42 Å². The Morgan fingerprint density at radius 2 is 1.71 bits per heavy atom. The molecule has 0 N–H and O–H groups in total. The Kier molecular flexibility index (Phi) is 2.46. The van der Waals surface area contributed by atoms with Crippen LogP contribution in [0.25, 0.3) is 11.1 Å². The quantitative estimate of drug-likeness (QED) is 0.735. The average molecular weight is 251 g/mol. The molecule has 0 bridgehead atoms. The summed E-state index contributed by atoms with van der Waals surface area (Å²) in [5.74, 6) is 0.989. The second-order valence-corrected chi connectivity index (χ2v) is 4.25. The maximum Gasteiger partial charge on any atom is 0.104 e. The standard InChI is InChI=1S/C12H11BrO/c1-8-9(2)14-7-12(8)10-3-5-11(13)6-4-10/h3-7H,1-2H3. The van der Waals surface area contributed by atoms with E-state index in [4.69, 9.17) is 4.42 Å². The molecule has 2 rings (SSSR count). The summed E-state index contributed by atoms with van der Waals surface area (Å²) >= 11 is 3.42. The molecule has 1 nitrogen and oxygen atoms in total. The molecule has 2 heteroatoms. The van der Waals surface area contributed by atoms with Crippen LogP contribution >= 0.6 is 15.9 Å². The molecular formula is C12H11BrO. The minimum absolute atomic E-state index is 0.989. The van der Waals surface area contributed by atoms with Gasteiger partial charge in [0, 0.05) is 10.0 Å². The third-order valence-electron chi connectivity index (χ3n) is 2.44. The van der Waals surface area contributed by atoms with Gasteiger partial charge >= 0.3 is 0 Å². The summed E-state index contributed by atoms with van der Waals surface area (Å²) in [6.07, 6.45) is 1.81. The molecule has 1 aromatic heterocycles. The van der Waals surface area contributed by atoms with Crippen LogP contribution in [-0.2, 0) is 0 Å². The van der Waals surface area contributed by atoms with E-state index in [1.807, 2.05) is 25.3 Å². The highest BCUT2D eigenvalue weighted by molar-refractivity contribution is 9.10. The molecule has 0 aliphatic rings. The monoisotopic (exact) mass is 250 g/mol. The molecule has 0 amide bonds. The molecule has 0 atom stereocenters. The SMILES string of the molecule is Cc1occ(-c2ccc(Br)cc2)c1C. The molecule has 14 heavy (non-hydrogen) atoms. The molecule has 1 aromatic carbocycles. The van der Waals surface area contributed by atoms with Gasteiger partial charge < -0.3 is 4.42 Å². The van der Waals surface area contributed by atoms with E-state index < -0.39 is 0 Å². The Labute approximate surface area is 91.9 Å². The van der Waals surface area contributed by atoms with Gasteiger partial charge in [-0.25, -0.2) is 0 Å². The highest BCUT2D eigenvalue weighted by Crippen LogP contribution is 2.27. The molecule has 0 spiro atoms. The first-order valence-corrected chi connectivity index (χ1v) is 5.28. The van der Waals surface area contributed by atoms with E-state index in [0.29, 0.717) is 0 Å². The van der Waals surface area contributed by atoms with Gasteiger partial charge in [0.2, 0.25) is 0 Å². The maximum atomic E-state index is 5.37. The number of halogens is 1. The molecule has 0 aliphatic heterocycles. The van der Waals surface area contributed by atoms with Crippen LogP contribution in [0.15, 0.2) is 39.4 Å². The molecule has 0 saturated carbocycles.